The summed E-state index contributed by atoms with van der Waals surface area (Å²) in [7, 11) is 0. The van der Waals surface area contributed by atoms with Crippen LogP contribution in [-0.4, -0.2) is 25.8 Å². The lowest BCUT2D eigenvalue weighted by atomic mass is 10.1. The van der Waals surface area contributed by atoms with Crippen LogP contribution in [0.1, 0.15) is 32.0 Å². The number of fused-ring (bicyclic) bond motifs is 1. The lowest BCUT2D eigenvalue weighted by molar-refractivity contribution is 0.0701. The summed E-state index contributed by atoms with van der Waals surface area (Å²) in [6.45, 7) is 1.47. The predicted octanol–water partition coefficient (Wildman–Crippen LogP) is 1.80. The van der Waals surface area contributed by atoms with Crippen molar-refractivity contribution in [2.24, 2.45) is 0 Å². The van der Waals surface area contributed by atoms with Crippen LogP contribution in [0.15, 0.2) is 46.1 Å². The second-order valence-corrected chi connectivity index (χ2v) is 6.51. The lowest BCUT2D eigenvalue weighted by Gasteiger charge is -2.07. The van der Waals surface area contributed by atoms with Gasteiger partial charge >= 0.3 is 11.7 Å². The van der Waals surface area contributed by atoms with Crippen LogP contribution in [0.2, 0.25) is 0 Å². The first-order chi connectivity index (χ1) is 11.9. The predicted molar refractivity (Wildman–Crippen MR) is 92.9 cm³/mol. The number of aryl methyl sites for hydroxylation is 1. The normalized spacial score (nSPS) is 10.9. The molecule has 0 unspecified atom stereocenters. The molecule has 0 aliphatic heterocycles. The van der Waals surface area contributed by atoms with Crippen molar-refractivity contribution in [3.8, 4) is 0 Å². The molecule has 2 heterocycles. The molecule has 3 rings (SSSR count). The first-order valence-corrected chi connectivity index (χ1v) is 8.29. The van der Waals surface area contributed by atoms with Crippen LogP contribution < -0.4 is 11.2 Å². The number of nitrogens with zero attached hydrogens (tertiary/aromatic N) is 2. The van der Waals surface area contributed by atoms with Crippen LogP contribution in [-0.2, 0) is 6.54 Å². The molecule has 0 fully saturated rings. The van der Waals surface area contributed by atoms with Gasteiger partial charge in [-0.1, -0.05) is 30.3 Å². The van der Waals surface area contributed by atoms with Crippen LogP contribution in [0, 0.1) is 6.92 Å². The van der Waals surface area contributed by atoms with E-state index in [2.05, 4.69) is 0 Å². The van der Waals surface area contributed by atoms with Crippen molar-refractivity contribution >= 4 is 27.9 Å². The van der Waals surface area contributed by atoms with Gasteiger partial charge in [-0.2, -0.15) is 0 Å². The number of rotatable bonds is 5. The minimum Gasteiger partial charge on any atom is -0.477 e. The molecule has 128 valence electrons. The number of carboxylic acids is 1. The summed E-state index contributed by atoms with van der Waals surface area (Å²) >= 11 is 0.873. The van der Waals surface area contributed by atoms with Gasteiger partial charge in [-0.3, -0.25) is 18.6 Å². The van der Waals surface area contributed by atoms with E-state index in [1.54, 1.807) is 30.3 Å². The third-order valence-electron chi connectivity index (χ3n) is 3.86. The van der Waals surface area contributed by atoms with E-state index in [0.717, 1.165) is 20.3 Å². The number of hydrogen-bond donors (Lipinski definition) is 1. The van der Waals surface area contributed by atoms with E-state index in [4.69, 9.17) is 5.11 Å². The number of aromatic carboxylic acids is 1. The van der Waals surface area contributed by atoms with Gasteiger partial charge in [0.1, 0.15) is 9.71 Å². The zero-order valence-corrected chi connectivity index (χ0v) is 14.1. The molecule has 0 aliphatic rings. The Morgan fingerprint density at radius 3 is 2.48 bits per heavy atom. The highest BCUT2D eigenvalue weighted by Gasteiger charge is 2.17. The lowest BCUT2D eigenvalue weighted by Crippen LogP contribution is -2.38. The number of thiazole rings is 1. The molecule has 8 heteroatoms. The summed E-state index contributed by atoms with van der Waals surface area (Å²) in [5.74, 6) is -1.34. The standard InChI is InChI=1S/C17H14N2O5S/c1-10-14(21)18(8-7-12(20)11-5-3-2-4-6-11)17(24)19-9-13(16(22)23)25-15(10)19/h2-6,9H,7-8H2,1H3,(H,22,23). The maximum absolute atomic E-state index is 12.5. The maximum atomic E-state index is 12.5. The first kappa shape index (κ1) is 16.8. The van der Waals surface area contributed by atoms with Crippen molar-refractivity contribution < 1.29 is 14.7 Å². The molecule has 0 saturated carbocycles. The average molecular weight is 358 g/mol. The molecule has 1 N–H and O–H groups in total. The van der Waals surface area contributed by atoms with Crippen molar-refractivity contribution in [3.05, 3.63) is 73.4 Å². The highest BCUT2D eigenvalue weighted by molar-refractivity contribution is 7.19. The molecule has 0 saturated heterocycles. The Hall–Kier alpha value is -3.00. The number of ketones is 1. The van der Waals surface area contributed by atoms with Gasteiger partial charge in [-0.15, -0.1) is 11.3 Å². The Morgan fingerprint density at radius 2 is 1.84 bits per heavy atom. The molecule has 3 aromatic rings. The molecule has 7 nitrogen and oxygen atoms in total. The third kappa shape index (κ3) is 3.03. The number of benzene rings is 1. The van der Waals surface area contributed by atoms with Crippen molar-refractivity contribution in [1.82, 2.24) is 8.97 Å². The van der Waals surface area contributed by atoms with E-state index in [1.807, 2.05) is 0 Å². The Labute approximate surface area is 145 Å². The minimum absolute atomic E-state index is 0.000587. The Balaban J connectivity index is 1.99. The van der Waals surface area contributed by atoms with Gasteiger partial charge < -0.3 is 5.11 Å². The van der Waals surface area contributed by atoms with Crippen LogP contribution >= 0.6 is 11.3 Å². The number of hydrogen-bond acceptors (Lipinski definition) is 5. The van der Waals surface area contributed by atoms with Crippen LogP contribution in [0.3, 0.4) is 0 Å². The van der Waals surface area contributed by atoms with Crippen molar-refractivity contribution in [2.75, 3.05) is 0 Å². The Kier molecular flexibility index (Phi) is 4.37. The molecule has 0 atom stereocenters. The van der Waals surface area contributed by atoms with Crippen molar-refractivity contribution in [3.63, 3.8) is 0 Å². The summed E-state index contributed by atoms with van der Waals surface area (Å²) in [5.41, 5.74) is -0.360. The van der Waals surface area contributed by atoms with Gasteiger partial charge in [0.2, 0.25) is 0 Å². The maximum Gasteiger partial charge on any atom is 0.347 e. The number of carbonyl (C=O) groups is 2. The molecule has 25 heavy (non-hydrogen) atoms. The van der Waals surface area contributed by atoms with Gasteiger partial charge in [-0.05, 0) is 6.92 Å². The summed E-state index contributed by atoms with van der Waals surface area (Å²) in [6, 6.07) is 8.61. The molecular formula is C17H14N2O5S. The quantitative estimate of drug-likeness (QED) is 0.702. The first-order valence-electron chi connectivity index (χ1n) is 7.47. The smallest absolute Gasteiger partial charge is 0.347 e. The van der Waals surface area contributed by atoms with Gasteiger partial charge in [0.15, 0.2) is 5.78 Å². The fourth-order valence-electron chi connectivity index (χ4n) is 2.54. The largest absolute Gasteiger partial charge is 0.477 e. The topological polar surface area (TPSA) is 97.9 Å². The van der Waals surface area contributed by atoms with Crippen LogP contribution in [0.4, 0.5) is 0 Å². The molecule has 0 radical (unpaired) electrons. The zero-order valence-electron chi connectivity index (χ0n) is 13.3. The SMILES string of the molecule is Cc1c(=O)n(CCC(=O)c2ccccc2)c(=O)n2cc(C(=O)O)sc12. The monoisotopic (exact) mass is 358 g/mol. The number of carbonyl (C=O) groups excluding carboxylic acids is 1. The van der Waals surface area contributed by atoms with Gasteiger partial charge in [0.25, 0.3) is 5.56 Å². The number of Topliss-reactive ketones (excluding diaryl/α,β-unsaturated/α-hetero) is 1. The molecule has 0 aliphatic carbocycles. The Bertz CT molecular complexity index is 1090. The molecule has 0 bridgehead atoms. The fraction of sp³-hybridized carbons (Fsp3) is 0.176. The highest BCUT2D eigenvalue weighted by atomic mass is 32.1. The molecular weight excluding hydrogens is 344 g/mol. The zero-order chi connectivity index (χ0) is 18.1. The number of aromatic nitrogens is 2. The van der Waals surface area contributed by atoms with E-state index in [9.17, 15) is 19.2 Å². The van der Waals surface area contributed by atoms with E-state index >= 15 is 0 Å². The van der Waals surface area contributed by atoms with E-state index in [0.29, 0.717) is 10.4 Å². The summed E-state index contributed by atoms with van der Waals surface area (Å²) in [6.07, 6.45) is 1.20. The summed E-state index contributed by atoms with van der Waals surface area (Å²) in [5, 5.41) is 9.07. The van der Waals surface area contributed by atoms with Crippen molar-refractivity contribution in [2.45, 2.75) is 19.9 Å². The average Bonchev–Trinajstić information content (AvgIpc) is 3.06. The van der Waals surface area contributed by atoms with Gasteiger partial charge in [-0.25, -0.2) is 9.59 Å². The summed E-state index contributed by atoms with van der Waals surface area (Å²) < 4.78 is 2.12. The summed E-state index contributed by atoms with van der Waals surface area (Å²) in [4.78, 5) is 48.5. The number of carboxylic acid groups (broad SMARTS) is 1. The molecule has 0 spiro atoms. The minimum atomic E-state index is -1.16. The van der Waals surface area contributed by atoms with E-state index in [1.165, 1.54) is 13.1 Å². The molecule has 2 aromatic heterocycles. The molecule has 1 aromatic carbocycles. The second kappa shape index (κ2) is 6.48. The fourth-order valence-corrected chi connectivity index (χ4v) is 3.47. The third-order valence-corrected chi connectivity index (χ3v) is 5.06. The highest BCUT2D eigenvalue weighted by Crippen LogP contribution is 2.18. The van der Waals surface area contributed by atoms with Crippen molar-refractivity contribution in [1.29, 1.82) is 0 Å². The van der Waals surface area contributed by atoms with E-state index < -0.39 is 17.2 Å². The Morgan fingerprint density at radius 1 is 1.16 bits per heavy atom. The van der Waals surface area contributed by atoms with E-state index in [-0.39, 0.29) is 29.2 Å². The van der Waals surface area contributed by atoms with Crippen LogP contribution in [0.5, 0.6) is 0 Å². The van der Waals surface area contributed by atoms with Gasteiger partial charge in [0.05, 0.1) is 0 Å². The van der Waals surface area contributed by atoms with Gasteiger partial charge in [0, 0.05) is 30.3 Å². The van der Waals surface area contributed by atoms with Crippen LogP contribution in [0.25, 0.3) is 4.83 Å². The molecule has 0 amide bonds. The second-order valence-electron chi connectivity index (χ2n) is 5.48.